The molecule has 0 aliphatic rings. The zero-order valence-corrected chi connectivity index (χ0v) is 7.21. The fraction of sp³-hybridized carbons (Fsp3) is 1.00. The summed E-state index contributed by atoms with van der Waals surface area (Å²) in [5.74, 6) is 0. The van der Waals surface area contributed by atoms with Gasteiger partial charge in [-0.15, -0.1) is 0 Å². The van der Waals surface area contributed by atoms with E-state index in [2.05, 4.69) is 23.9 Å². The molecule has 1 unspecified atom stereocenters. The largest absolute Gasteiger partial charge is 0.301 e. The Labute approximate surface area is 56.0 Å². The number of rotatable bonds is 3. The van der Waals surface area contributed by atoms with E-state index < -0.39 is 6.85 Å². The van der Waals surface area contributed by atoms with Gasteiger partial charge in [0.05, 0.1) is 7.11 Å². The molecule has 0 saturated carbocycles. The van der Waals surface area contributed by atoms with Crippen LogP contribution in [0.15, 0.2) is 0 Å². The van der Waals surface area contributed by atoms with Crippen LogP contribution in [0.3, 0.4) is 0 Å². The van der Waals surface area contributed by atoms with Crippen molar-refractivity contribution in [2.45, 2.75) is 19.5 Å². The van der Waals surface area contributed by atoms with Crippen LogP contribution in [0.1, 0.15) is 13.8 Å². The van der Waals surface area contributed by atoms with Gasteiger partial charge in [-0.1, -0.05) is 25.7 Å². The molecule has 0 rings (SSSR count). The first-order valence-corrected chi connectivity index (χ1v) is 5.22. The molecule has 0 spiro atoms. The minimum atomic E-state index is -0.846. The molecule has 0 aliphatic heterocycles. The molecule has 1 atom stereocenters. The first kappa shape index (κ1) is 8.57. The molecular weight excluding hydrogens is 141 g/mol. The van der Waals surface area contributed by atoms with Gasteiger partial charge in [0.1, 0.15) is 0 Å². The Morgan fingerprint density at radius 3 is 2.25 bits per heavy atom. The fourth-order valence-corrected chi connectivity index (χ4v) is 0.905. The summed E-state index contributed by atoms with van der Waals surface area (Å²) in [5, 5.41) is 2.76. The number of hydrogen-bond acceptors (Lipinski definition) is 2. The van der Waals surface area contributed by atoms with Crippen LogP contribution in [-0.2, 0) is 16.6 Å². The van der Waals surface area contributed by atoms with Crippen molar-refractivity contribution in [3.05, 3.63) is 0 Å². The van der Waals surface area contributed by atoms with Crippen molar-refractivity contribution in [3.8, 4) is 0 Å². The molecule has 50 valence electrons. The van der Waals surface area contributed by atoms with Crippen molar-refractivity contribution < 1.29 is 4.84 Å². The summed E-state index contributed by atoms with van der Waals surface area (Å²) in [6, 6.07) is 0. The van der Waals surface area contributed by atoms with Crippen LogP contribution >= 0.6 is 6.85 Å². The monoisotopic (exact) mass is 153 g/mol. The van der Waals surface area contributed by atoms with Gasteiger partial charge in [0.25, 0.3) is 0 Å². The molecule has 0 heterocycles. The Kier molecular flexibility index (Phi) is 4.77. The molecule has 0 amide bonds. The lowest BCUT2D eigenvalue weighted by Crippen LogP contribution is -2.04. The Morgan fingerprint density at radius 1 is 1.62 bits per heavy atom. The summed E-state index contributed by atoms with van der Waals surface area (Å²) in [4.78, 5) is 4.66. The highest BCUT2D eigenvalue weighted by molar-refractivity contribution is 8.04. The summed E-state index contributed by atoms with van der Waals surface area (Å²) in [6.07, 6.45) is 0. The molecule has 4 heteroatoms. The van der Waals surface area contributed by atoms with Crippen molar-refractivity contribution in [2.24, 2.45) is 0 Å². The predicted octanol–water partition coefficient (Wildman–Crippen LogP) is 1.14. The highest BCUT2D eigenvalue weighted by atomic mass is 32.4. The summed E-state index contributed by atoms with van der Waals surface area (Å²) < 4.78 is 0. The smallest absolute Gasteiger partial charge is 0.0576 e. The second kappa shape index (κ2) is 4.45. The average molecular weight is 153 g/mol. The number of nitrogens with one attached hydrogen (secondary N) is 1. The Morgan fingerprint density at radius 2 is 2.12 bits per heavy atom. The van der Waals surface area contributed by atoms with Crippen molar-refractivity contribution in [1.82, 2.24) is 5.25 Å². The zero-order valence-electron chi connectivity index (χ0n) is 5.39. The molecule has 0 aromatic heterocycles. The maximum atomic E-state index is 5.03. The normalized spacial score (nSPS) is 14.5. The Balaban J connectivity index is 3.33. The van der Waals surface area contributed by atoms with E-state index in [0.717, 1.165) is 0 Å². The van der Waals surface area contributed by atoms with E-state index in [1.54, 1.807) is 7.11 Å². The van der Waals surface area contributed by atoms with E-state index in [1.807, 2.05) is 0 Å². The predicted molar refractivity (Wildman–Crippen MR) is 41.0 cm³/mol. The van der Waals surface area contributed by atoms with Gasteiger partial charge in [-0.2, -0.15) is 5.25 Å². The second-order valence-corrected chi connectivity index (χ2v) is 5.23. The Bertz CT molecular complexity index is 86.1. The van der Waals surface area contributed by atoms with Crippen LogP contribution in [-0.4, -0.2) is 12.8 Å². The van der Waals surface area contributed by atoms with Crippen LogP contribution in [0.25, 0.3) is 0 Å². The second-order valence-electron chi connectivity index (χ2n) is 1.83. The summed E-state index contributed by atoms with van der Waals surface area (Å²) in [6.45, 7) is 3.33. The van der Waals surface area contributed by atoms with Gasteiger partial charge < -0.3 is 4.84 Å². The lowest BCUT2D eigenvalue weighted by molar-refractivity contribution is 0.159. The van der Waals surface area contributed by atoms with Crippen LogP contribution in [0, 0.1) is 0 Å². The fourth-order valence-electron chi connectivity index (χ4n) is 0.218. The molecule has 0 radical (unpaired) electrons. The van der Waals surface area contributed by atoms with Crippen LogP contribution in [0.5, 0.6) is 0 Å². The first-order chi connectivity index (χ1) is 3.68. The SMILES string of the molecule is CON[PH](=S)C(C)C. The lowest BCUT2D eigenvalue weighted by atomic mass is 10.6. The highest BCUT2D eigenvalue weighted by Crippen LogP contribution is 2.21. The molecule has 0 aromatic carbocycles. The van der Waals surface area contributed by atoms with Crippen LogP contribution in [0.4, 0.5) is 0 Å². The third-order valence-electron chi connectivity index (χ3n) is 0.727. The molecule has 0 aromatic rings. The molecule has 1 N–H and O–H groups in total. The third-order valence-corrected chi connectivity index (χ3v) is 3.85. The molecule has 8 heavy (non-hydrogen) atoms. The van der Waals surface area contributed by atoms with Gasteiger partial charge in [0, 0.05) is 6.85 Å². The summed E-state index contributed by atoms with van der Waals surface area (Å²) in [7, 11) is 1.60. The average Bonchev–Trinajstić information content (AvgIpc) is 1.67. The highest BCUT2D eigenvalue weighted by Gasteiger charge is 1.96. The third kappa shape index (κ3) is 3.56. The van der Waals surface area contributed by atoms with E-state index >= 15 is 0 Å². The quantitative estimate of drug-likeness (QED) is 0.485. The first-order valence-electron chi connectivity index (χ1n) is 2.51. The van der Waals surface area contributed by atoms with Gasteiger partial charge in [-0.25, -0.2) is 0 Å². The minimum Gasteiger partial charge on any atom is -0.301 e. The maximum absolute atomic E-state index is 5.03. The van der Waals surface area contributed by atoms with E-state index in [0.29, 0.717) is 5.66 Å². The van der Waals surface area contributed by atoms with Crippen molar-refractivity contribution in [2.75, 3.05) is 7.11 Å². The van der Waals surface area contributed by atoms with E-state index in [4.69, 9.17) is 11.8 Å². The molecular formula is C4H12NOPS. The van der Waals surface area contributed by atoms with Gasteiger partial charge in [0.15, 0.2) is 0 Å². The van der Waals surface area contributed by atoms with Crippen LogP contribution in [0.2, 0.25) is 0 Å². The standard InChI is InChI=1S/C4H12NOPS/c1-4(2)7(8)5-6-3/h4,7H,1-3H3,(H,5,8). The van der Waals surface area contributed by atoms with Crippen molar-refractivity contribution in [1.29, 1.82) is 0 Å². The molecule has 0 saturated heterocycles. The van der Waals surface area contributed by atoms with Crippen molar-refractivity contribution in [3.63, 3.8) is 0 Å². The zero-order chi connectivity index (χ0) is 6.57. The van der Waals surface area contributed by atoms with E-state index in [9.17, 15) is 0 Å². The maximum Gasteiger partial charge on any atom is 0.0576 e. The molecule has 2 nitrogen and oxygen atoms in total. The van der Waals surface area contributed by atoms with Gasteiger partial charge in [-0.05, 0) is 5.66 Å². The van der Waals surface area contributed by atoms with Gasteiger partial charge >= 0.3 is 0 Å². The molecule has 0 aliphatic carbocycles. The van der Waals surface area contributed by atoms with E-state index in [-0.39, 0.29) is 0 Å². The van der Waals surface area contributed by atoms with Gasteiger partial charge in [0.2, 0.25) is 0 Å². The molecule has 0 bridgehead atoms. The minimum absolute atomic E-state index is 0.551. The Hall–Kier alpha value is 0.570. The topological polar surface area (TPSA) is 21.3 Å². The van der Waals surface area contributed by atoms with E-state index in [1.165, 1.54) is 0 Å². The molecule has 0 fully saturated rings. The van der Waals surface area contributed by atoms with Crippen LogP contribution < -0.4 is 5.25 Å². The summed E-state index contributed by atoms with van der Waals surface area (Å²) in [5.41, 5.74) is 0.551. The lowest BCUT2D eigenvalue weighted by Gasteiger charge is -2.06. The summed E-state index contributed by atoms with van der Waals surface area (Å²) >= 11 is 5.03. The number of hydrogen-bond donors (Lipinski definition) is 1. The van der Waals surface area contributed by atoms with Gasteiger partial charge in [-0.3, -0.25) is 0 Å². The van der Waals surface area contributed by atoms with Crippen molar-refractivity contribution >= 4 is 18.7 Å².